The van der Waals surface area contributed by atoms with Crippen LogP contribution < -0.4 is 5.32 Å². The van der Waals surface area contributed by atoms with Gasteiger partial charge in [-0.2, -0.15) is 0 Å². The second-order valence-corrected chi connectivity index (χ2v) is 7.64. The molecule has 2 heterocycles. The van der Waals surface area contributed by atoms with E-state index in [9.17, 15) is 9.59 Å². The van der Waals surface area contributed by atoms with E-state index in [-0.39, 0.29) is 5.91 Å². The second-order valence-electron chi connectivity index (χ2n) is 5.32. The van der Waals surface area contributed by atoms with Gasteiger partial charge in [0.15, 0.2) is 10.4 Å². The van der Waals surface area contributed by atoms with Gasteiger partial charge in [-0.25, -0.2) is 4.79 Å². The molecule has 24 heavy (non-hydrogen) atoms. The number of anilines is 1. The Morgan fingerprint density at radius 3 is 3.08 bits per heavy atom. The van der Waals surface area contributed by atoms with E-state index in [0.717, 1.165) is 28.5 Å². The van der Waals surface area contributed by atoms with E-state index in [0.29, 0.717) is 17.1 Å². The number of nitrogens with one attached hydrogen (secondary N) is 1. The number of fused-ring (bicyclic) bond motifs is 1. The Bertz CT molecular complexity index is 748. The number of unbranched alkanes of at least 4 members (excludes halogenated alkanes) is 1. The summed E-state index contributed by atoms with van der Waals surface area (Å²) in [6.07, 6.45) is 1.77. The number of hydrogen-bond acceptors (Lipinski definition) is 7. The van der Waals surface area contributed by atoms with Gasteiger partial charge in [0, 0.05) is 12.2 Å². The first-order valence-corrected chi connectivity index (χ1v) is 9.53. The van der Waals surface area contributed by atoms with Gasteiger partial charge in [-0.15, -0.1) is 10.2 Å². The van der Waals surface area contributed by atoms with Crippen molar-refractivity contribution in [1.82, 2.24) is 10.2 Å². The van der Waals surface area contributed by atoms with E-state index in [1.54, 1.807) is 23.9 Å². The molecule has 1 aromatic heterocycles. The molecular weight excluding hydrogens is 346 g/mol. The summed E-state index contributed by atoms with van der Waals surface area (Å²) < 4.78 is 6.06. The Kier molecular flexibility index (Phi) is 5.47. The normalized spacial score (nSPS) is 16.4. The van der Waals surface area contributed by atoms with Crippen LogP contribution in [0.2, 0.25) is 0 Å². The molecule has 1 unspecified atom stereocenters. The Balaban J connectivity index is 1.61. The molecule has 6 nitrogen and oxygen atoms in total. The monoisotopic (exact) mass is 363 g/mol. The summed E-state index contributed by atoms with van der Waals surface area (Å²) in [5.74, 6) is 0.139. The molecule has 1 amide bonds. The molecule has 1 aliphatic rings. The number of nitrogens with zero attached hydrogens (tertiary/aromatic N) is 2. The maximum atomic E-state index is 12.3. The number of cyclic esters (lactones) is 1. The first kappa shape index (κ1) is 16.9. The fraction of sp³-hybridized carbons (Fsp3) is 0.375. The van der Waals surface area contributed by atoms with Crippen LogP contribution in [0.25, 0.3) is 0 Å². The molecular formula is C16H17N3O3S2. The summed E-state index contributed by atoms with van der Waals surface area (Å²) in [6.45, 7) is 2.13. The zero-order chi connectivity index (χ0) is 16.9. The standard InChI is InChI=1S/C16H17N3O3S2/c1-2-3-8-23-16-19-18-15(24-16)17-13(20)12-9-10-6-4-5-7-11(10)14(21)22-12/h4-7,12H,2-3,8-9H2,1H3,(H,17,18,20). The molecule has 0 fully saturated rings. The van der Waals surface area contributed by atoms with Crippen LogP contribution >= 0.6 is 23.1 Å². The molecule has 2 aromatic rings. The van der Waals surface area contributed by atoms with Crippen molar-refractivity contribution in [2.24, 2.45) is 0 Å². The predicted molar refractivity (Wildman–Crippen MR) is 93.5 cm³/mol. The fourth-order valence-electron chi connectivity index (χ4n) is 2.29. The number of thioether (sulfide) groups is 1. The van der Waals surface area contributed by atoms with Crippen LogP contribution in [-0.4, -0.2) is 33.9 Å². The molecule has 0 radical (unpaired) electrons. The van der Waals surface area contributed by atoms with Crippen molar-refractivity contribution in [3.05, 3.63) is 35.4 Å². The smallest absolute Gasteiger partial charge is 0.339 e. The van der Waals surface area contributed by atoms with Crippen molar-refractivity contribution < 1.29 is 14.3 Å². The Morgan fingerprint density at radius 1 is 1.42 bits per heavy atom. The van der Waals surface area contributed by atoms with Gasteiger partial charge in [-0.05, 0) is 18.1 Å². The van der Waals surface area contributed by atoms with Crippen molar-refractivity contribution in [3.8, 4) is 0 Å². The lowest BCUT2D eigenvalue weighted by molar-refractivity contribution is -0.125. The Hall–Kier alpha value is -1.93. The van der Waals surface area contributed by atoms with E-state index in [1.165, 1.54) is 11.3 Å². The molecule has 0 saturated heterocycles. The minimum atomic E-state index is -0.840. The molecule has 1 aliphatic heterocycles. The average molecular weight is 363 g/mol. The quantitative estimate of drug-likeness (QED) is 0.367. The molecule has 0 spiro atoms. The molecule has 0 saturated carbocycles. The minimum absolute atomic E-state index is 0.366. The Morgan fingerprint density at radius 2 is 2.25 bits per heavy atom. The van der Waals surface area contributed by atoms with Crippen LogP contribution in [0.1, 0.15) is 35.7 Å². The van der Waals surface area contributed by atoms with Crippen LogP contribution in [0.4, 0.5) is 5.13 Å². The molecule has 1 aromatic carbocycles. The van der Waals surface area contributed by atoms with Gasteiger partial charge in [0.2, 0.25) is 5.13 Å². The number of amides is 1. The highest BCUT2D eigenvalue weighted by Crippen LogP contribution is 2.27. The van der Waals surface area contributed by atoms with Crippen molar-refractivity contribution in [1.29, 1.82) is 0 Å². The zero-order valence-corrected chi connectivity index (χ0v) is 14.8. The summed E-state index contributed by atoms with van der Waals surface area (Å²) in [5.41, 5.74) is 1.34. The molecule has 8 heteroatoms. The van der Waals surface area contributed by atoms with Crippen molar-refractivity contribution in [2.45, 2.75) is 36.6 Å². The number of benzene rings is 1. The van der Waals surface area contributed by atoms with Gasteiger partial charge in [0.25, 0.3) is 5.91 Å². The maximum Gasteiger partial charge on any atom is 0.339 e. The van der Waals surface area contributed by atoms with E-state index >= 15 is 0 Å². The zero-order valence-electron chi connectivity index (χ0n) is 13.2. The minimum Gasteiger partial charge on any atom is -0.448 e. The lowest BCUT2D eigenvalue weighted by Gasteiger charge is -2.23. The third-order valence-electron chi connectivity index (χ3n) is 3.54. The van der Waals surface area contributed by atoms with Gasteiger partial charge in [-0.3, -0.25) is 10.1 Å². The first-order chi connectivity index (χ1) is 11.7. The van der Waals surface area contributed by atoms with E-state index in [1.807, 2.05) is 12.1 Å². The van der Waals surface area contributed by atoms with Crippen LogP contribution in [0.5, 0.6) is 0 Å². The van der Waals surface area contributed by atoms with Crippen molar-refractivity contribution in [2.75, 3.05) is 11.1 Å². The van der Waals surface area contributed by atoms with Crippen molar-refractivity contribution in [3.63, 3.8) is 0 Å². The number of carbonyl (C=O) groups excluding carboxylic acids is 2. The van der Waals surface area contributed by atoms with Crippen LogP contribution in [-0.2, 0) is 16.0 Å². The van der Waals surface area contributed by atoms with E-state index < -0.39 is 12.1 Å². The van der Waals surface area contributed by atoms with Gasteiger partial charge in [-0.1, -0.05) is 54.6 Å². The molecule has 0 aliphatic carbocycles. The number of esters is 1. The highest BCUT2D eigenvalue weighted by Gasteiger charge is 2.31. The third-order valence-corrected chi connectivity index (χ3v) is 5.60. The highest BCUT2D eigenvalue weighted by atomic mass is 32.2. The van der Waals surface area contributed by atoms with E-state index in [2.05, 4.69) is 22.4 Å². The predicted octanol–water partition coefficient (Wildman–Crippen LogP) is 3.15. The molecule has 3 rings (SSSR count). The lowest BCUT2D eigenvalue weighted by atomic mass is 9.98. The maximum absolute atomic E-state index is 12.3. The Labute approximate surface area is 148 Å². The fourth-order valence-corrected chi connectivity index (χ4v) is 4.20. The number of rotatable bonds is 6. The van der Waals surface area contributed by atoms with E-state index in [4.69, 9.17) is 4.74 Å². The van der Waals surface area contributed by atoms with Gasteiger partial charge >= 0.3 is 5.97 Å². The number of carbonyl (C=O) groups is 2. The van der Waals surface area contributed by atoms with Crippen LogP contribution in [0.3, 0.4) is 0 Å². The number of ether oxygens (including phenoxy) is 1. The summed E-state index contributed by atoms with van der Waals surface area (Å²) in [7, 11) is 0. The lowest BCUT2D eigenvalue weighted by Crippen LogP contribution is -2.37. The molecule has 0 bridgehead atoms. The summed E-state index contributed by atoms with van der Waals surface area (Å²) >= 11 is 2.96. The summed E-state index contributed by atoms with van der Waals surface area (Å²) in [4.78, 5) is 24.3. The van der Waals surface area contributed by atoms with Crippen LogP contribution in [0, 0.1) is 0 Å². The van der Waals surface area contributed by atoms with Crippen LogP contribution in [0.15, 0.2) is 28.6 Å². The largest absolute Gasteiger partial charge is 0.448 e. The molecule has 1 atom stereocenters. The van der Waals surface area contributed by atoms with Gasteiger partial charge < -0.3 is 4.74 Å². The van der Waals surface area contributed by atoms with Gasteiger partial charge in [0.05, 0.1) is 5.56 Å². The third kappa shape index (κ3) is 3.93. The number of hydrogen-bond donors (Lipinski definition) is 1. The number of aromatic nitrogens is 2. The summed E-state index contributed by atoms with van der Waals surface area (Å²) in [6, 6.07) is 7.16. The SMILES string of the molecule is CCCCSc1nnc(NC(=O)C2Cc3ccccc3C(=O)O2)s1. The van der Waals surface area contributed by atoms with Gasteiger partial charge in [0.1, 0.15) is 0 Å². The van der Waals surface area contributed by atoms with Crippen molar-refractivity contribution >= 4 is 40.1 Å². The molecule has 1 N–H and O–H groups in total. The summed E-state index contributed by atoms with van der Waals surface area (Å²) in [5, 5.41) is 11.1. The first-order valence-electron chi connectivity index (χ1n) is 7.73. The topological polar surface area (TPSA) is 81.2 Å². The molecule has 126 valence electrons. The average Bonchev–Trinajstić information content (AvgIpc) is 3.02. The highest BCUT2D eigenvalue weighted by molar-refractivity contribution is 8.01. The second kappa shape index (κ2) is 7.76.